The SMILES string of the molecule is CCCCCCC(=O)S(F)(F)(F)(F)F. The first-order valence-corrected chi connectivity index (χ1v) is 6.19. The Morgan fingerprint density at radius 3 is 1.86 bits per heavy atom. The predicted octanol–water partition coefficient (Wildman–Crippen LogP) is 4.78. The third-order valence-electron chi connectivity index (χ3n) is 1.66. The van der Waals surface area contributed by atoms with E-state index in [2.05, 4.69) is 0 Å². The van der Waals surface area contributed by atoms with Gasteiger partial charge in [0.15, 0.2) is 0 Å². The van der Waals surface area contributed by atoms with Crippen LogP contribution in [0.3, 0.4) is 0 Å². The molecule has 0 aliphatic heterocycles. The van der Waals surface area contributed by atoms with E-state index in [9.17, 15) is 24.2 Å². The minimum absolute atomic E-state index is 0.127. The van der Waals surface area contributed by atoms with Crippen LogP contribution in [0.2, 0.25) is 0 Å². The van der Waals surface area contributed by atoms with Crippen molar-refractivity contribution in [2.24, 2.45) is 0 Å². The van der Waals surface area contributed by atoms with Gasteiger partial charge >= 0.3 is 10.2 Å². The average molecular weight is 240 g/mol. The topological polar surface area (TPSA) is 17.1 Å². The van der Waals surface area contributed by atoms with E-state index in [-0.39, 0.29) is 6.42 Å². The fourth-order valence-electron chi connectivity index (χ4n) is 0.889. The van der Waals surface area contributed by atoms with E-state index in [1.54, 1.807) is 0 Å². The molecule has 0 spiro atoms. The summed E-state index contributed by atoms with van der Waals surface area (Å²) in [7, 11) is -9.85. The minimum Gasteiger partial charge on any atom is -0.277 e. The first kappa shape index (κ1) is 13.7. The molecule has 7 heteroatoms. The van der Waals surface area contributed by atoms with Gasteiger partial charge in [-0.15, -0.1) is 0 Å². The first-order valence-electron chi connectivity index (χ1n) is 4.24. The van der Waals surface area contributed by atoms with Crippen molar-refractivity contribution in [1.29, 1.82) is 0 Å². The molecular formula is C7H13F5OS. The quantitative estimate of drug-likeness (QED) is 0.499. The highest BCUT2D eigenvalue weighted by molar-refractivity contribution is 8.56. The number of hydrogen-bond donors (Lipinski definition) is 0. The van der Waals surface area contributed by atoms with Crippen molar-refractivity contribution in [1.82, 2.24) is 0 Å². The van der Waals surface area contributed by atoms with Gasteiger partial charge in [0.05, 0.1) is 0 Å². The van der Waals surface area contributed by atoms with Crippen LogP contribution in [-0.2, 0) is 4.79 Å². The van der Waals surface area contributed by atoms with E-state index in [0.29, 0.717) is 12.8 Å². The maximum absolute atomic E-state index is 11.8. The van der Waals surface area contributed by atoms with Gasteiger partial charge in [-0.2, -0.15) is 0 Å². The lowest BCUT2D eigenvalue weighted by atomic mass is 10.2. The monoisotopic (exact) mass is 240 g/mol. The van der Waals surface area contributed by atoms with Crippen molar-refractivity contribution in [2.45, 2.75) is 39.0 Å². The summed E-state index contributed by atoms with van der Waals surface area (Å²) in [6, 6.07) is 0. The summed E-state index contributed by atoms with van der Waals surface area (Å²) < 4.78 is 58.8. The zero-order valence-corrected chi connectivity index (χ0v) is 8.56. The van der Waals surface area contributed by atoms with Crippen LogP contribution in [0.1, 0.15) is 39.0 Å². The second kappa shape index (κ2) is 3.36. The van der Waals surface area contributed by atoms with Crippen LogP contribution in [0.15, 0.2) is 0 Å². The molecule has 0 aromatic heterocycles. The smallest absolute Gasteiger partial charge is 0.277 e. The molecule has 0 N–H and O–H groups in total. The van der Waals surface area contributed by atoms with Crippen molar-refractivity contribution in [3.63, 3.8) is 0 Å². The predicted molar refractivity (Wildman–Crippen MR) is 46.9 cm³/mol. The molecule has 0 atom stereocenters. The zero-order valence-electron chi connectivity index (χ0n) is 7.74. The van der Waals surface area contributed by atoms with Crippen LogP contribution in [-0.4, -0.2) is 5.12 Å². The normalized spacial score (nSPS) is 17.3. The largest absolute Gasteiger partial charge is 0.341 e. The Bertz CT molecular complexity index is 218. The van der Waals surface area contributed by atoms with Gasteiger partial charge in [-0.05, 0) is 6.42 Å². The second-order valence-electron chi connectivity index (χ2n) is 3.15. The zero-order chi connectivity index (χ0) is 11.5. The van der Waals surface area contributed by atoms with Gasteiger partial charge in [0.1, 0.15) is 0 Å². The highest BCUT2D eigenvalue weighted by atomic mass is 32.5. The average Bonchev–Trinajstić information content (AvgIpc) is 1.93. The summed E-state index contributed by atoms with van der Waals surface area (Å²) >= 11 is 0. The molecule has 0 amide bonds. The Balaban J connectivity index is 4.12. The van der Waals surface area contributed by atoms with Crippen LogP contribution in [0.4, 0.5) is 19.4 Å². The Kier molecular flexibility index (Phi) is 3.28. The van der Waals surface area contributed by atoms with Crippen LogP contribution in [0.25, 0.3) is 0 Å². The Hall–Kier alpha value is -0.330. The van der Waals surface area contributed by atoms with Crippen molar-refractivity contribution in [2.75, 3.05) is 0 Å². The lowest BCUT2D eigenvalue weighted by Gasteiger charge is -2.38. The van der Waals surface area contributed by atoms with Crippen molar-refractivity contribution < 1.29 is 24.2 Å². The standard InChI is InChI=1S/C7H13F5OS/c1-2-3-4-5-6-7(13)14(8,9,10,11)12/h2-6H2,1H3. The molecule has 0 unspecified atom stereocenters. The van der Waals surface area contributed by atoms with Crippen LogP contribution < -0.4 is 0 Å². The van der Waals surface area contributed by atoms with E-state index in [1.807, 2.05) is 6.92 Å². The van der Waals surface area contributed by atoms with Gasteiger partial charge in [-0.25, -0.2) is 0 Å². The third kappa shape index (κ3) is 5.41. The van der Waals surface area contributed by atoms with Crippen molar-refractivity contribution in [3.8, 4) is 0 Å². The maximum Gasteiger partial charge on any atom is 0.341 e. The molecular weight excluding hydrogens is 227 g/mol. The van der Waals surface area contributed by atoms with Gasteiger partial charge in [0, 0.05) is 6.42 Å². The first-order chi connectivity index (χ1) is 5.97. The van der Waals surface area contributed by atoms with Gasteiger partial charge in [0.2, 0.25) is 0 Å². The molecule has 0 bridgehead atoms. The lowest BCUT2D eigenvalue weighted by molar-refractivity contribution is -0.114. The molecule has 0 aromatic rings. The Morgan fingerprint density at radius 2 is 1.50 bits per heavy atom. The highest BCUT2D eigenvalue weighted by Crippen LogP contribution is 2.98. The molecule has 0 radical (unpaired) electrons. The fourth-order valence-corrected chi connectivity index (χ4v) is 1.42. The second-order valence-corrected chi connectivity index (χ2v) is 5.54. The van der Waals surface area contributed by atoms with Crippen LogP contribution >= 0.6 is 10.2 Å². The van der Waals surface area contributed by atoms with E-state index >= 15 is 0 Å². The third-order valence-corrected chi connectivity index (χ3v) is 2.73. The molecule has 14 heavy (non-hydrogen) atoms. The summed E-state index contributed by atoms with van der Waals surface area (Å²) in [5.74, 6) is 0. The molecule has 0 heterocycles. The molecule has 88 valence electrons. The van der Waals surface area contributed by atoms with E-state index < -0.39 is 21.8 Å². The maximum atomic E-state index is 11.8. The Morgan fingerprint density at radius 1 is 1.00 bits per heavy atom. The highest BCUT2D eigenvalue weighted by Gasteiger charge is 2.70. The van der Waals surface area contributed by atoms with E-state index in [0.717, 1.165) is 6.42 Å². The molecule has 1 nitrogen and oxygen atoms in total. The van der Waals surface area contributed by atoms with E-state index in [4.69, 9.17) is 0 Å². The molecule has 0 saturated heterocycles. The van der Waals surface area contributed by atoms with Crippen LogP contribution in [0, 0.1) is 0 Å². The molecule has 0 rings (SSSR count). The fraction of sp³-hybridized carbons (Fsp3) is 0.857. The number of carbonyl (C=O) groups excluding carboxylic acids is 1. The van der Waals surface area contributed by atoms with Gasteiger partial charge < -0.3 is 0 Å². The van der Waals surface area contributed by atoms with Crippen molar-refractivity contribution in [3.05, 3.63) is 0 Å². The van der Waals surface area contributed by atoms with Crippen molar-refractivity contribution >= 4 is 15.3 Å². The van der Waals surface area contributed by atoms with Gasteiger partial charge in [0.25, 0.3) is 5.12 Å². The number of rotatable bonds is 5. The lowest BCUT2D eigenvalue weighted by Crippen LogP contribution is -2.18. The number of hydrogen-bond acceptors (Lipinski definition) is 1. The molecule has 0 aliphatic rings. The van der Waals surface area contributed by atoms with Crippen LogP contribution in [0.5, 0.6) is 0 Å². The summed E-state index contributed by atoms with van der Waals surface area (Å²) in [5.41, 5.74) is 0. The number of unbranched alkanes of at least 4 members (excludes halogenated alkanes) is 3. The number of carbonyl (C=O) groups is 1. The van der Waals surface area contributed by atoms with Gasteiger partial charge in [-0.1, -0.05) is 45.6 Å². The number of halogens is 5. The molecule has 0 aliphatic carbocycles. The molecule has 0 fully saturated rings. The summed E-state index contributed by atoms with van der Waals surface area (Å²) in [5, 5.41) is -2.85. The Labute approximate surface area is 79.4 Å². The molecule has 0 aromatic carbocycles. The van der Waals surface area contributed by atoms with Gasteiger partial charge in [-0.3, -0.25) is 4.79 Å². The summed E-state index contributed by atoms with van der Waals surface area (Å²) in [6.45, 7) is 1.83. The van der Waals surface area contributed by atoms with E-state index in [1.165, 1.54) is 0 Å². The molecule has 0 saturated carbocycles. The minimum atomic E-state index is -9.85. The summed E-state index contributed by atoms with van der Waals surface area (Å²) in [6.07, 6.45) is 0.560. The summed E-state index contributed by atoms with van der Waals surface area (Å²) in [4.78, 5) is 10.2.